The summed E-state index contributed by atoms with van der Waals surface area (Å²) in [4.78, 5) is 23.2. The monoisotopic (exact) mass is 490 g/mol. The Hall–Kier alpha value is -3.76. The number of carboxylic acids is 1. The number of carbonyl (C=O) groups is 2. The molecule has 0 heterocycles. The number of halogens is 1. The molecule has 0 saturated carbocycles. The third-order valence-electron chi connectivity index (χ3n) is 4.33. The van der Waals surface area contributed by atoms with Gasteiger partial charge in [-0.25, -0.2) is 13.2 Å². The summed E-state index contributed by atoms with van der Waals surface area (Å²) >= 11 is 6.03. The molecule has 0 aliphatic carbocycles. The van der Waals surface area contributed by atoms with E-state index < -0.39 is 28.5 Å². The van der Waals surface area contributed by atoms with E-state index in [0.717, 1.165) is 6.07 Å². The van der Waals surface area contributed by atoms with E-state index in [0.29, 0.717) is 11.4 Å². The molecule has 0 bridgehead atoms. The van der Waals surface area contributed by atoms with Crippen molar-refractivity contribution in [2.45, 2.75) is 4.90 Å². The number of nitrogens with one attached hydrogen (secondary N) is 2. The Morgan fingerprint density at radius 2 is 1.73 bits per heavy atom. The average molecular weight is 491 g/mol. The van der Waals surface area contributed by atoms with Crippen molar-refractivity contribution in [3.63, 3.8) is 0 Å². The highest BCUT2D eigenvalue weighted by molar-refractivity contribution is 7.92. The van der Waals surface area contributed by atoms with Crippen LogP contribution in [0, 0.1) is 0 Å². The Morgan fingerprint density at radius 3 is 2.36 bits per heavy atom. The summed E-state index contributed by atoms with van der Waals surface area (Å²) in [5.74, 6) is -1.07. The van der Waals surface area contributed by atoms with Crippen LogP contribution in [0.5, 0.6) is 11.5 Å². The number of para-hydroxylation sites is 1. The molecule has 1 amide bonds. The van der Waals surface area contributed by atoms with Gasteiger partial charge in [-0.2, -0.15) is 0 Å². The lowest BCUT2D eigenvalue weighted by atomic mass is 10.1. The molecule has 0 aliphatic rings. The molecule has 0 saturated heterocycles. The number of carbonyl (C=O) groups excluding carboxylic acids is 1. The van der Waals surface area contributed by atoms with Crippen molar-refractivity contribution < 1.29 is 32.6 Å². The van der Waals surface area contributed by atoms with Crippen LogP contribution in [0.25, 0.3) is 0 Å². The highest BCUT2D eigenvalue weighted by Gasteiger charge is 2.20. The lowest BCUT2D eigenvalue weighted by Crippen LogP contribution is -2.18. The smallest absolute Gasteiger partial charge is 0.341 e. The first-order chi connectivity index (χ1) is 15.7. The fourth-order valence-electron chi connectivity index (χ4n) is 2.75. The SMILES string of the molecule is COc1ccc(NC(=O)c2ccccc2NS(=O)(=O)c2ccc(OCC(=O)O)c(Cl)c2)cc1. The molecular formula is C22H19ClN2O7S. The molecule has 3 N–H and O–H groups in total. The van der Waals surface area contributed by atoms with Crippen LogP contribution in [0.15, 0.2) is 71.6 Å². The summed E-state index contributed by atoms with van der Waals surface area (Å²) in [5, 5.41) is 11.3. The van der Waals surface area contributed by atoms with Gasteiger partial charge in [-0.15, -0.1) is 0 Å². The van der Waals surface area contributed by atoms with E-state index in [4.69, 9.17) is 26.2 Å². The predicted molar refractivity (Wildman–Crippen MR) is 123 cm³/mol. The molecule has 33 heavy (non-hydrogen) atoms. The molecular weight excluding hydrogens is 472 g/mol. The molecule has 3 aromatic rings. The number of ether oxygens (including phenoxy) is 2. The maximum Gasteiger partial charge on any atom is 0.341 e. The van der Waals surface area contributed by atoms with E-state index in [9.17, 15) is 18.0 Å². The largest absolute Gasteiger partial charge is 0.497 e. The van der Waals surface area contributed by atoms with Gasteiger partial charge in [-0.3, -0.25) is 9.52 Å². The number of benzene rings is 3. The summed E-state index contributed by atoms with van der Waals surface area (Å²) in [7, 11) is -2.60. The maximum atomic E-state index is 12.9. The fraction of sp³-hybridized carbons (Fsp3) is 0.0909. The Kier molecular flexibility index (Phi) is 7.41. The molecule has 3 rings (SSSR count). The van der Waals surface area contributed by atoms with Gasteiger partial charge < -0.3 is 19.9 Å². The second kappa shape index (κ2) is 10.2. The number of aliphatic carboxylic acids is 1. The second-order valence-electron chi connectivity index (χ2n) is 6.61. The number of methoxy groups -OCH3 is 1. The lowest BCUT2D eigenvalue weighted by molar-refractivity contribution is -0.139. The molecule has 0 aliphatic heterocycles. The molecule has 9 nitrogen and oxygen atoms in total. The van der Waals surface area contributed by atoms with Gasteiger partial charge >= 0.3 is 5.97 Å². The summed E-state index contributed by atoms with van der Waals surface area (Å²) < 4.78 is 38.2. The number of hydrogen-bond donors (Lipinski definition) is 3. The molecule has 0 radical (unpaired) electrons. The summed E-state index contributed by atoms with van der Waals surface area (Å²) in [6.07, 6.45) is 0. The van der Waals surface area contributed by atoms with Gasteiger partial charge in [0.2, 0.25) is 0 Å². The summed E-state index contributed by atoms with van der Waals surface area (Å²) in [5.41, 5.74) is 0.664. The normalized spacial score (nSPS) is 10.8. The van der Waals surface area contributed by atoms with E-state index in [1.165, 1.54) is 31.4 Å². The number of rotatable bonds is 9. The van der Waals surface area contributed by atoms with Gasteiger partial charge in [0.05, 0.1) is 28.3 Å². The first-order valence-electron chi connectivity index (χ1n) is 9.41. The Morgan fingerprint density at radius 1 is 1.03 bits per heavy atom. The van der Waals surface area contributed by atoms with Crippen LogP contribution in [-0.4, -0.2) is 39.1 Å². The van der Waals surface area contributed by atoms with Crippen LogP contribution in [-0.2, 0) is 14.8 Å². The van der Waals surface area contributed by atoms with Crippen molar-refractivity contribution in [2.75, 3.05) is 23.8 Å². The van der Waals surface area contributed by atoms with Gasteiger partial charge in [0.15, 0.2) is 6.61 Å². The number of hydrogen-bond acceptors (Lipinski definition) is 6. The predicted octanol–water partition coefficient (Wildman–Crippen LogP) is 3.87. The van der Waals surface area contributed by atoms with Crippen molar-refractivity contribution in [3.8, 4) is 11.5 Å². The first kappa shape index (κ1) is 23.9. The van der Waals surface area contributed by atoms with Crippen molar-refractivity contribution in [2.24, 2.45) is 0 Å². The van der Waals surface area contributed by atoms with Gasteiger partial charge in [-0.05, 0) is 54.6 Å². The maximum absolute atomic E-state index is 12.9. The third kappa shape index (κ3) is 6.15. The van der Waals surface area contributed by atoms with Crippen molar-refractivity contribution in [1.29, 1.82) is 0 Å². The number of amides is 1. The molecule has 11 heteroatoms. The van der Waals surface area contributed by atoms with Crippen molar-refractivity contribution in [3.05, 3.63) is 77.3 Å². The molecule has 0 spiro atoms. The Bertz CT molecular complexity index is 1280. The molecule has 0 unspecified atom stereocenters. The Balaban J connectivity index is 1.81. The molecule has 0 fully saturated rings. The average Bonchev–Trinajstić information content (AvgIpc) is 2.78. The minimum atomic E-state index is -4.12. The van der Waals surface area contributed by atoms with Crippen LogP contribution < -0.4 is 19.5 Å². The van der Waals surface area contributed by atoms with Crippen LogP contribution in [0.1, 0.15) is 10.4 Å². The summed E-state index contributed by atoms with van der Waals surface area (Å²) in [6, 6.07) is 16.4. The Labute approximate surface area is 195 Å². The van der Waals surface area contributed by atoms with Crippen LogP contribution in [0.3, 0.4) is 0 Å². The van der Waals surface area contributed by atoms with Gasteiger partial charge in [-0.1, -0.05) is 23.7 Å². The topological polar surface area (TPSA) is 131 Å². The molecule has 0 aromatic heterocycles. The third-order valence-corrected chi connectivity index (χ3v) is 5.99. The van der Waals surface area contributed by atoms with E-state index >= 15 is 0 Å². The first-order valence-corrected chi connectivity index (χ1v) is 11.3. The zero-order chi connectivity index (χ0) is 24.0. The van der Waals surface area contributed by atoms with E-state index in [1.54, 1.807) is 36.4 Å². The fourth-order valence-corrected chi connectivity index (χ4v) is 4.16. The minimum absolute atomic E-state index is 0.0253. The van der Waals surface area contributed by atoms with Gasteiger partial charge in [0.1, 0.15) is 11.5 Å². The van der Waals surface area contributed by atoms with Crippen LogP contribution in [0.2, 0.25) is 5.02 Å². The molecule has 172 valence electrons. The zero-order valence-corrected chi connectivity index (χ0v) is 18.8. The highest BCUT2D eigenvalue weighted by atomic mass is 35.5. The van der Waals surface area contributed by atoms with Gasteiger partial charge in [0, 0.05) is 5.69 Å². The van der Waals surface area contributed by atoms with Crippen molar-refractivity contribution in [1.82, 2.24) is 0 Å². The lowest BCUT2D eigenvalue weighted by Gasteiger charge is -2.14. The van der Waals surface area contributed by atoms with Gasteiger partial charge in [0.25, 0.3) is 15.9 Å². The minimum Gasteiger partial charge on any atom is -0.497 e. The second-order valence-corrected chi connectivity index (χ2v) is 8.70. The quantitative estimate of drug-likeness (QED) is 0.415. The molecule has 3 aromatic carbocycles. The standard InChI is InChI=1S/C22H19ClN2O7S/c1-31-15-8-6-14(7-9-15)24-22(28)17-4-2-3-5-19(17)25-33(29,30)16-10-11-20(18(23)12-16)32-13-21(26)27/h2-12,25H,13H2,1H3,(H,24,28)(H,26,27). The number of sulfonamides is 1. The zero-order valence-electron chi connectivity index (χ0n) is 17.2. The van der Waals surface area contributed by atoms with E-state index in [-0.39, 0.29) is 26.9 Å². The van der Waals surface area contributed by atoms with Crippen LogP contribution in [0.4, 0.5) is 11.4 Å². The number of carboxylic acid groups (broad SMARTS) is 1. The summed E-state index contributed by atoms with van der Waals surface area (Å²) in [6.45, 7) is -0.624. The van der Waals surface area contributed by atoms with Crippen LogP contribution >= 0.6 is 11.6 Å². The number of anilines is 2. The van der Waals surface area contributed by atoms with E-state index in [2.05, 4.69) is 10.0 Å². The highest BCUT2D eigenvalue weighted by Crippen LogP contribution is 2.29. The van der Waals surface area contributed by atoms with Crippen molar-refractivity contribution >= 4 is 44.9 Å². The van der Waals surface area contributed by atoms with E-state index in [1.807, 2.05) is 0 Å². The molecule has 0 atom stereocenters.